The molecule has 10 nitrogen and oxygen atoms in total. The largest absolute Gasteiger partial charge is 0.481 e. The first-order chi connectivity index (χ1) is 27.1. The van der Waals surface area contributed by atoms with Crippen LogP contribution in [-0.2, 0) is 4.79 Å². The Morgan fingerprint density at radius 3 is 1.45 bits per heavy atom. The normalized spacial score (nSPS) is 17.2. The number of carboxylic acids is 1. The van der Waals surface area contributed by atoms with Gasteiger partial charge >= 0.3 is 5.97 Å². The van der Waals surface area contributed by atoms with Crippen molar-refractivity contribution in [2.45, 2.75) is 19.3 Å². The molecule has 0 spiro atoms. The molecule has 9 heterocycles. The molecule has 2 N–H and O–H groups in total. The molecule has 0 unspecified atom stereocenters. The van der Waals surface area contributed by atoms with Crippen molar-refractivity contribution >= 4 is 45.4 Å². The van der Waals surface area contributed by atoms with Gasteiger partial charge in [-0.3, -0.25) is 19.7 Å². The van der Waals surface area contributed by atoms with E-state index in [-0.39, 0.29) is 6.42 Å². The monoisotopic (exact) mass is 718 g/mol. The van der Waals surface area contributed by atoms with Gasteiger partial charge in [-0.15, -0.1) is 0 Å². The van der Waals surface area contributed by atoms with Gasteiger partial charge in [0, 0.05) is 96.2 Å². The maximum Gasteiger partial charge on any atom is 0.303 e. The van der Waals surface area contributed by atoms with Gasteiger partial charge in [0.1, 0.15) is 0 Å². The Balaban J connectivity index is 1.26. The highest BCUT2D eigenvalue weighted by atomic mass is 16.4. The van der Waals surface area contributed by atoms with Crippen molar-refractivity contribution in [1.29, 1.82) is 0 Å². The van der Waals surface area contributed by atoms with Crippen molar-refractivity contribution < 1.29 is 9.90 Å². The minimum Gasteiger partial charge on any atom is -0.481 e. The van der Waals surface area contributed by atoms with E-state index < -0.39 is 5.97 Å². The molecule has 4 aromatic rings. The predicted molar refractivity (Wildman–Crippen MR) is 216 cm³/mol. The van der Waals surface area contributed by atoms with Gasteiger partial charge in [0.15, 0.2) is 0 Å². The smallest absolute Gasteiger partial charge is 0.303 e. The Labute approximate surface area is 317 Å². The third kappa shape index (κ3) is 6.73. The first kappa shape index (κ1) is 33.5. The van der Waals surface area contributed by atoms with Crippen LogP contribution in [0.2, 0.25) is 0 Å². The molecule has 0 saturated heterocycles. The number of hydrogen-bond acceptors (Lipinski definition) is 8. The molecule has 266 valence electrons. The molecule has 0 radical (unpaired) electrons. The number of hydrogen-bond donors (Lipinski definition) is 2. The number of pyridine rings is 3. The summed E-state index contributed by atoms with van der Waals surface area (Å²) in [7, 11) is 0. The van der Waals surface area contributed by atoms with Crippen molar-refractivity contribution in [2.24, 2.45) is 15.0 Å². The number of H-pyrrole nitrogens is 1. The predicted octanol–water partition coefficient (Wildman–Crippen LogP) is 8.18. The summed E-state index contributed by atoms with van der Waals surface area (Å²) in [6, 6.07) is 16.1. The molecule has 10 heteroatoms. The molecule has 0 atom stereocenters. The highest BCUT2D eigenvalue weighted by Crippen LogP contribution is 2.38. The standard InChI is InChI=1S/C45H34N8O2/c54-41(55)3-1-2-26-53-27-18-32(19-28-53)45-39-10-8-37(51-39)43(30-14-22-47-23-15-30)35-6-4-33(49-35)42(29-12-20-46-21-13-29)34-5-7-36(50-34)44(31-16-24-48-25-17-31)38-9-11-40(45)52-38/h4-25,27-28,51H,1-3,26H2,(H,54,55). The summed E-state index contributed by atoms with van der Waals surface area (Å²) >= 11 is 0. The van der Waals surface area contributed by atoms with Gasteiger partial charge in [-0.2, -0.15) is 0 Å². The highest BCUT2D eigenvalue weighted by molar-refractivity contribution is 6.37. The van der Waals surface area contributed by atoms with Gasteiger partial charge in [0.05, 0.1) is 34.2 Å². The minimum atomic E-state index is -0.769. The second kappa shape index (κ2) is 14.6. The molecule has 9 rings (SSSR count). The fraction of sp³-hybridized carbons (Fsp3) is 0.0889. The van der Waals surface area contributed by atoms with E-state index in [0.717, 1.165) is 103 Å². The molecule has 5 aliphatic heterocycles. The van der Waals surface area contributed by atoms with Crippen LogP contribution in [0.3, 0.4) is 0 Å². The molecule has 55 heavy (non-hydrogen) atoms. The number of carbonyl (C=O) groups is 1. The fourth-order valence-electron chi connectivity index (χ4n) is 7.24. The van der Waals surface area contributed by atoms with E-state index in [1.807, 2.05) is 61.0 Å². The molecular weight excluding hydrogens is 685 g/mol. The molecular formula is C45H34N8O2. The Bertz CT molecular complexity index is 2580. The maximum absolute atomic E-state index is 11.0. The topological polar surface area (TPSA) is 132 Å². The average Bonchev–Trinajstić information content (AvgIpc) is 4.06. The Kier molecular flexibility index (Phi) is 8.89. The number of aromatic amines is 1. The number of aliphatic carboxylic acids is 1. The summed E-state index contributed by atoms with van der Waals surface area (Å²) in [6.07, 6.45) is 32.9. The average molecular weight is 719 g/mol. The zero-order chi connectivity index (χ0) is 37.1. The Morgan fingerprint density at radius 2 is 0.964 bits per heavy atom. The number of allylic oxidation sites excluding steroid dienone is 12. The van der Waals surface area contributed by atoms with E-state index in [4.69, 9.17) is 20.1 Å². The number of carboxylic acid groups (broad SMARTS) is 1. The van der Waals surface area contributed by atoms with Gasteiger partial charge in [0.2, 0.25) is 0 Å². The molecule has 0 amide bonds. The lowest BCUT2D eigenvalue weighted by Crippen LogP contribution is -2.14. The van der Waals surface area contributed by atoms with E-state index in [9.17, 15) is 4.79 Å². The lowest BCUT2D eigenvalue weighted by atomic mass is 9.98. The number of aliphatic imine (C=N–C) groups is 3. The fourth-order valence-corrected chi connectivity index (χ4v) is 7.24. The van der Waals surface area contributed by atoms with Crippen molar-refractivity contribution in [2.75, 3.05) is 6.54 Å². The summed E-state index contributed by atoms with van der Waals surface area (Å²) < 4.78 is 0. The first-order valence-corrected chi connectivity index (χ1v) is 18.1. The van der Waals surface area contributed by atoms with Gasteiger partial charge in [0.25, 0.3) is 0 Å². The molecule has 0 saturated carbocycles. The SMILES string of the molecule is O=C(O)CCCCN1C=CC(=C2C3=NC(=C(c4ccncc4)C4=NC(=C(c5ccncc5)C5=NC(=C(c6ccncc6)c6ccc2[nH]6)C=C5)C=C4)C=C3)C=C1. The summed E-state index contributed by atoms with van der Waals surface area (Å²) in [6.45, 7) is 0.729. The van der Waals surface area contributed by atoms with E-state index in [1.54, 1.807) is 37.2 Å². The van der Waals surface area contributed by atoms with Crippen LogP contribution in [-0.4, -0.2) is 59.6 Å². The number of unbranched alkanes of at least 4 members (excludes halogenated alkanes) is 1. The summed E-state index contributed by atoms with van der Waals surface area (Å²) in [5.41, 5.74) is 14.1. The number of rotatable bonds is 8. The van der Waals surface area contributed by atoms with Crippen molar-refractivity contribution in [3.8, 4) is 0 Å². The van der Waals surface area contributed by atoms with Crippen LogP contribution in [0.25, 0.3) is 22.3 Å². The van der Waals surface area contributed by atoms with Crippen molar-refractivity contribution in [3.05, 3.63) is 197 Å². The molecule has 0 aromatic carbocycles. The molecule has 8 bridgehead atoms. The Hall–Kier alpha value is -7.33. The quantitative estimate of drug-likeness (QED) is 0.177. The zero-order valence-corrected chi connectivity index (χ0v) is 29.7. The number of nitrogens with zero attached hydrogens (tertiary/aromatic N) is 7. The lowest BCUT2D eigenvalue weighted by molar-refractivity contribution is -0.137. The lowest BCUT2D eigenvalue weighted by Gasteiger charge is -2.20. The van der Waals surface area contributed by atoms with Gasteiger partial charge in [-0.1, -0.05) is 0 Å². The third-order valence-electron chi connectivity index (χ3n) is 9.83. The summed E-state index contributed by atoms with van der Waals surface area (Å²) in [5, 5.41) is 9.06. The van der Waals surface area contributed by atoms with Crippen LogP contribution in [0.5, 0.6) is 0 Å². The Morgan fingerprint density at radius 1 is 0.527 bits per heavy atom. The number of nitrogens with one attached hydrogen (secondary N) is 1. The summed E-state index contributed by atoms with van der Waals surface area (Å²) in [4.78, 5) is 45.7. The maximum atomic E-state index is 11.0. The summed E-state index contributed by atoms with van der Waals surface area (Å²) in [5.74, 6) is -0.769. The molecule has 0 fully saturated rings. The second-order valence-electron chi connectivity index (χ2n) is 13.3. The van der Waals surface area contributed by atoms with Gasteiger partial charge in [-0.25, -0.2) is 15.0 Å². The van der Waals surface area contributed by atoms with Crippen molar-refractivity contribution in [3.63, 3.8) is 0 Å². The second-order valence-corrected chi connectivity index (χ2v) is 13.3. The first-order valence-electron chi connectivity index (χ1n) is 18.1. The van der Waals surface area contributed by atoms with Crippen molar-refractivity contribution in [1.82, 2.24) is 24.8 Å². The van der Waals surface area contributed by atoms with E-state index >= 15 is 0 Å². The van der Waals surface area contributed by atoms with E-state index in [2.05, 4.69) is 73.4 Å². The minimum absolute atomic E-state index is 0.168. The van der Waals surface area contributed by atoms with Crippen LogP contribution >= 0.6 is 0 Å². The molecule has 4 aromatic heterocycles. The number of aromatic nitrogens is 4. The zero-order valence-electron chi connectivity index (χ0n) is 29.7. The van der Waals surface area contributed by atoms with Crippen LogP contribution in [0.4, 0.5) is 0 Å². The van der Waals surface area contributed by atoms with E-state index in [1.165, 1.54) is 0 Å². The van der Waals surface area contributed by atoms with Crippen LogP contribution < -0.4 is 0 Å². The van der Waals surface area contributed by atoms with Gasteiger partial charge < -0.3 is 15.0 Å². The molecule has 0 aliphatic carbocycles. The van der Waals surface area contributed by atoms with Gasteiger partial charge in [-0.05, 0) is 132 Å². The van der Waals surface area contributed by atoms with E-state index in [0.29, 0.717) is 6.42 Å². The number of fused-ring (bicyclic) bond motifs is 5. The van der Waals surface area contributed by atoms with Crippen LogP contribution in [0, 0.1) is 0 Å². The highest BCUT2D eigenvalue weighted by Gasteiger charge is 2.27. The van der Waals surface area contributed by atoms with Crippen LogP contribution in [0.1, 0.15) is 47.3 Å². The van der Waals surface area contributed by atoms with Crippen LogP contribution in [0.15, 0.2) is 184 Å². The molecule has 5 aliphatic rings. The third-order valence-corrected chi connectivity index (χ3v) is 9.83.